The van der Waals surface area contributed by atoms with Crippen LogP contribution in [0.3, 0.4) is 0 Å². The maximum Gasteiger partial charge on any atom is 0.0541 e. The van der Waals surface area contributed by atoms with Crippen molar-refractivity contribution in [3.8, 4) is 50.2 Å². The van der Waals surface area contributed by atoms with E-state index in [4.69, 9.17) is 0 Å². The van der Waals surface area contributed by atoms with Gasteiger partial charge in [-0.3, -0.25) is 0 Å². The van der Waals surface area contributed by atoms with Gasteiger partial charge in [0.1, 0.15) is 0 Å². The highest BCUT2D eigenvalue weighted by molar-refractivity contribution is 9.10. The maximum absolute atomic E-state index is 3.57. The second kappa shape index (κ2) is 10.7. The minimum Gasteiger partial charge on any atom is -0.309 e. The van der Waals surface area contributed by atoms with Gasteiger partial charge in [0.2, 0.25) is 0 Å². The quantitative estimate of drug-likeness (QED) is 0.176. The number of hydrogen-bond donors (Lipinski definition) is 0. The predicted octanol–water partition coefficient (Wildman–Crippen LogP) is 12.9. The normalized spacial score (nSPS) is 13.2. The molecule has 1 nitrogen and oxygen atoms in total. The molecule has 0 amide bonds. The number of rotatable bonds is 4. The van der Waals surface area contributed by atoms with E-state index in [1.807, 2.05) is 0 Å². The molecule has 1 aliphatic carbocycles. The van der Waals surface area contributed by atoms with Crippen molar-refractivity contribution in [2.24, 2.45) is 0 Å². The molecule has 0 N–H and O–H groups in total. The standard InChI is InChI=1S/C45H32BrN/c1-45(2)40-17-5-3-15-38(40)44-36(16-9-18-41(44)45)33-12-8-13-35(27-33)47-42-19-6-4-14-37(42)39-28-32(22-25-43(39)47)31-11-7-10-30(26-31)29-20-23-34(46)24-21-29/h3-28H,1-2H3. The van der Waals surface area contributed by atoms with E-state index in [0.29, 0.717) is 0 Å². The summed E-state index contributed by atoms with van der Waals surface area (Å²) in [7, 11) is 0. The first-order chi connectivity index (χ1) is 23.0. The van der Waals surface area contributed by atoms with Crippen molar-refractivity contribution in [3.05, 3.63) is 173 Å². The summed E-state index contributed by atoms with van der Waals surface area (Å²) in [6, 6.07) is 57.9. The zero-order valence-electron chi connectivity index (χ0n) is 26.3. The second-order valence-electron chi connectivity index (χ2n) is 13.1. The molecule has 0 aliphatic heterocycles. The molecular formula is C45H32BrN. The Hall–Kier alpha value is -5.18. The molecule has 0 spiro atoms. The molecule has 9 rings (SSSR count). The molecule has 8 aromatic rings. The van der Waals surface area contributed by atoms with Gasteiger partial charge >= 0.3 is 0 Å². The average molecular weight is 667 g/mol. The van der Waals surface area contributed by atoms with Crippen LogP contribution in [0.15, 0.2) is 162 Å². The highest BCUT2D eigenvalue weighted by atomic mass is 79.9. The fourth-order valence-corrected chi connectivity index (χ4v) is 8.02. The Balaban J connectivity index is 1.19. The fourth-order valence-electron chi connectivity index (χ4n) is 7.76. The molecule has 0 unspecified atom stereocenters. The summed E-state index contributed by atoms with van der Waals surface area (Å²) in [5, 5.41) is 2.52. The van der Waals surface area contributed by atoms with Gasteiger partial charge in [0.25, 0.3) is 0 Å². The van der Waals surface area contributed by atoms with Crippen LogP contribution in [0.5, 0.6) is 0 Å². The summed E-state index contributed by atoms with van der Waals surface area (Å²) < 4.78 is 3.52. The van der Waals surface area contributed by atoms with Crippen LogP contribution in [-0.2, 0) is 5.41 Å². The molecule has 1 aromatic heterocycles. The average Bonchev–Trinajstić information content (AvgIpc) is 3.57. The summed E-state index contributed by atoms with van der Waals surface area (Å²) in [4.78, 5) is 0. The maximum atomic E-state index is 3.57. The minimum atomic E-state index is -0.0259. The lowest BCUT2D eigenvalue weighted by molar-refractivity contribution is 0.660. The zero-order valence-corrected chi connectivity index (χ0v) is 27.9. The molecule has 0 bridgehead atoms. The molecule has 224 valence electrons. The first-order valence-electron chi connectivity index (χ1n) is 16.2. The van der Waals surface area contributed by atoms with Gasteiger partial charge in [0.05, 0.1) is 11.0 Å². The molecule has 0 radical (unpaired) electrons. The smallest absolute Gasteiger partial charge is 0.0541 e. The van der Waals surface area contributed by atoms with E-state index in [0.717, 1.165) is 4.47 Å². The van der Waals surface area contributed by atoms with Crippen LogP contribution in [-0.4, -0.2) is 4.57 Å². The van der Waals surface area contributed by atoms with E-state index in [-0.39, 0.29) is 5.41 Å². The molecule has 2 heteroatoms. The summed E-state index contributed by atoms with van der Waals surface area (Å²) in [6.45, 7) is 4.70. The molecule has 0 saturated heterocycles. The fraction of sp³-hybridized carbons (Fsp3) is 0.0667. The van der Waals surface area contributed by atoms with E-state index in [9.17, 15) is 0 Å². The van der Waals surface area contributed by atoms with Gasteiger partial charge in [-0.1, -0.05) is 139 Å². The number of fused-ring (bicyclic) bond motifs is 6. The summed E-state index contributed by atoms with van der Waals surface area (Å²) >= 11 is 3.57. The molecule has 1 aliphatic rings. The van der Waals surface area contributed by atoms with Crippen molar-refractivity contribution in [2.45, 2.75) is 19.3 Å². The van der Waals surface area contributed by atoms with Gasteiger partial charge in [-0.25, -0.2) is 0 Å². The van der Waals surface area contributed by atoms with Crippen molar-refractivity contribution in [1.29, 1.82) is 0 Å². The van der Waals surface area contributed by atoms with Crippen molar-refractivity contribution < 1.29 is 0 Å². The van der Waals surface area contributed by atoms with Crippen LogP contribution < -0.4 is 0 Å². The van der Waals surface area contributed by atoms with Gasteiger partial charge in [-0.15, -0.1) is 0 Å². The van der Waals surface area contributed by atoms with Crippen molar-refractivity contribution >= 4 is 37.7 Å². The number of hydrogen-bond acceptors (Lipinski definition) is 0. The predicted molar refractivity (Wildman–Crippen MR) is 202 cm³/mol. The van der Waals surface area contributed by atoms with E-state index in [1.165, 1.54) is 83.1 Å². The Morgan fingerprint density at radius 1 is 0.447 bits per heavy atom. The topological polar surface area (TPSA) is 4.93 Å². The Bertz CT molecular complexity index is 2500. The largest absolute Gasteiger partial charge is 0.309 e. The molecule has 0 saturated carbocycles. The van der Waals surface area contributed by atoms with Crippen LogP contribution in [0.4, 0.5) is 0 Å². The lowest BCUT2D eigenvalue weighted by Crippen LogP contribution is -2.14. The van der Waals surface area contributed by atoms with Crippen LogP contribution in [0.25, 0.3) is 72.0 Å². The number of para-hydroxylation sites is 1. The third-order valence-corrected chi connectivity index (χ3v) is 10.6. The summed E-state index contributed by atoms with van der Waals surface area (Å²) in [6.07, 6.45) is 0. The van der Waals surface area contributed by atoms with Gasteiger partial charge in [-0.05, 0) is 104 Å². The number of nitrogens with zero attached hydrogens (tertiary/aromatic N) is 1. The highest BCUT2D eigenvalue weighted by Gasteiger charge is 2.36. The number of benzene rings is 7. The highest BCUT2D eigenvalue weighted by Crippen LogP contribution is 2.52. The Morgan fingerprint density at radius 3 is 1.94 bits per heavy atom. The lowest BCUT2D eigenvalue weighted by atomic mass is 9.82. The Kier molecular flexibility index (Phi) is 6.38. The van der Waals surface area contributed by atoms with Gasteiger partial charge in [0.15, 0.2) is 0 Å². The molecule has 47 heavy (non-hydrogen) atoms. The Morgan fingerprint density at radius 2 is 1.06 bits per heavy atom. The van der Waals surface area contributed by atoms with Gasteiger partial charge < -0.3 is 4.57 Å². The number of halogens is 1. The van der Waals surface area contributed by atoms with Gasteiger partial charge in [0, 0.05) is 26.3 Å². The molecule has 1 heterocycles. The SMILES string of the molecule is CC1(C)c2ccccc2-c2c(-c3cccc(-n4c5ccccc5c5cc(-c6cccc(-c7ccc(Br)cc7)c6)ccc54)c3)cccc21. The number of aromatic nitrogens is 1. The zero-order chi connectivity index (χ0) is 31.7. The van der Waals surface area contributed by atoms with Crippen molar-refractivity contribution in [3.63, 3.8) is 0 Å². The molecule has 7 aromatic carbocycles. The minimum absolute atomic E-state index is 0.0259. The molecular weight excluding hydrogens is 634 g/mol. The molecule has 0 atom stereocenters. The summed E-state index contributed by atoms with van der Waals surface area (Å²) in [5.74, 6) is 0. The monoisotopic (exact) mass is 665 g/mol. The van der Waals surface area contributed by atoms with Gasteiger partial charge in [-0.2, -0.15) is 0 Å². The summed E-state index contributed by atoms with van der Waals surface area (Å²) in [5.41, 5.74) is 16.5. The van der Waals surface area contributed by atoms with Crippen LogP contribution in [0, 0.1) is 0 Å². The van der Waals surface area contributed by atoms with Crippen molar-refractivity contribution in [2.75, 3.05) is 0 Å². The van der Waals surface area contributed by atoms with Crippen molar-refractivity contribution in [1.82, 2.24) is 4.57 Å². The second-order valence-corrected chi connectivity index (χ2v) is 14.0. The first kappa shape index (κ1) is 28.1. The van der Waals surface area contributed by atoms with E-state index < -0.39 is 0 Å². The van der Waals surface area contributed by atoms with Crippen LogP contribution in [0.2, 0.25) is 0 Å². The third-order valence-electron chi connectivity index (χ3n) is 10.1. The van der Waals surface area contributed by atoms with E-state index in [1.54, 1.807) is 0 Å². The Labute approximate surface area is 283 Å². The van der Waals surface area contributed by atoms with Crippen LogP contribution >= 0.6 is 15.9 Å². The first-order valence-corrected chi connectivity index (χ1v) is 17.0. The third kappa shape index (κ3) is 4.43. The van der Waals surface area contributed by atoms with E-state index in [2.05, 4.69) is 192 Å². The lowest BCUT2D eigenvalue weighted by Gasteiger charge is -2.21. The molecule has 0 fully saturated rings. The van der Waals surface area contributed by atoms with E-state index >= 15 is 0 Å². The van der Waals surface area contributed by atoms with Crippen LogP contribution in [0.1, 0.15) is 25.0 Å².